The number of hydrogen-bond donors (Lipinski definition) is 0. The summed E-state index contributed by atoms with van der Waals surface area (Å²) in [5.74, 6) is -0.111. The molecule has 18 heavy (non-hydrogen) atoms. The van der Waals surface area contributed by atoms with Crippen molar-refractivity contribution in [3.63, 3.8) is 0 Å². The zero-order valence-corrected chi connectivity index (χ0v) is 9.96. The maximum absolute atomic E-state index is 12.4. The van der Waals surface area contributed by atoms with Crippen molar-refractivity contribution in [2.75, 3.05) is 0 Å². The van der Waals surface area contributed by atoms with Gasteiger partial charge >= 0.3 is 6.36 Å². The molecule has 1 nitrogen and oxygen atoms in total. The van der Waals surface area contributed by atoms with Crippen LogP contribution in [0.4, 0.5) is 13.2 Å². The van der Waals surface area contributed by atoms with Gasteiger partial charge < -0.3 is 4.74 Å². The zero-order valence-electron chi connectivity index (χ0n) is 9.15. The number of allylic oxidation sites excluding steroid dienone is 2. The van der Waals surface area contributed by atoms with Gasteiger partial charge in [-0.3, -0.25) is 0 Å². The molecule has 0 N–H and O–H groups in total. The number of alkyl halides is 3. The summed E-state index contributed by atoms with van der Waals surface area (Å²) < 4.78 is 40.8. The first-order valence-electron chi connectivity index (χ1n) is 5.40. The lowest BCUT2D eigenvalue weighted by molar-refractivity contribution is -0.274. The van der Waals surface area contributed by atoms with E-state index in [-0.39, 0.29) is 15.7 Å². The standard InChI is InChI=1S/C13H9F3OS/c14-13(15,16)17-10-6-2-1-5-9(10)12-8-4-3-7-11(12)18-12/h1-8,11H. The molecular weight excluding hydrogens is 261 g/mol. The number of thioether (sulfide) groups is 1. The predicted octanol–water partition coefficient (Wildman–Crippen LogP) is 4.02. The summed E-state index contributed by atoms with van der Waals surface area (Å²) in [6.07, 6.45) is 3.04. The van der Waals surface area contributed by atoms with Crippen LogP contribution in [-0.2, 0) is 4.75 Å². The maximum Gasteiger partial charge on any atom is 0.573 e. The average molecular weight is 270 g/mol. The van der Waals surface area contributed by atoms with Crippen LogP contribution in [0, 0.1) is 0 Å². The summed E-state index contributed by atoms with van der Waals surface area (Å²) in [6, 6.07) is 6.33. The molecule has 0 aromatic heterocycles. The third-order valence-corrected chi connectivity index (χ3v) is 4.49. The van der Waals surface area contributed by atoms with E-state index in [1.165, 1.54) is 6.07 Å². The monoisotopic (exact) mass is 270 g/mol. The molecule has 1 fully saturated rings. The summed E-state index contributed by atoms with van der Waals surface area (Å²) >= 11 is 1.62. The van der Waals surface area contributed by atoms with Crippen LogP contribution in [0.5, 0.6) is 5.75 Å². The number of benzene rings is 1. The number of fused-ring (bicyclic) bond motifs is 1. The van der Waals surface area contributed by atoms with Gasteiger partial charge in [0.05, 0.1) is 4.75 Å². The van der Waals surface area contributed by atoms with Crippen molar-refractivity contribution < 1.29 is 17.9 Å². The summed E-state index contributed by atoms with van der Waals surface area (Å²) in [5.41, 5.74) is 0.581. The Morgan fingerprint density at radius 2 is 1.94 bits per heavy atom. The van der Waals surface area contributed by atoms with Gasteiger partial charge in [0.1, 0.15) is 5.75 Å². The molecule has 0 spiro atoms. The SMILES string of the molecule is FC(F)(F)Oc1ccccc1C12C=CC=CC1S2. The van der Waals surface area contributed by atoms with Gasteiger partial charge in [-0.1, -0.05) is 42.5 Å². The van der Waals surface area contributed by atoms with Gasteiger partial charge in [0.2, 0.25) is 0 Å². The second kappa shape index (κ2) is 3.82. The third kappa shape index (κ3) is 1.92. The third-order valence-electron chi connectivity index (χ3n) is 2.96. The first-order valence-corrected chi connectivity index (χ1v) is 6.28. The minimum absolute atomic E-state index is 0.111. The van der Waals surface area contributed by atoms with E-state index >= 15 is 0 Å². The summed E-state index contributed by atoms with van der Waals surface area (Å²) in [6.45, 7) is 0. The van der Waals surface area contributed by atoms with Crippen LogP contribution in [0.3, 0.4) is 0 Å². The fourth-order valence-electron chi connectivity index (χ4n) is 2.17. The van der Waals surface area contributed by atoms with Crippen LogP contribution in [0.15, 0.2) is 48.6 Å². The van der Waals surface area contributed by atoms with Gasteiger partial charge in [0.25, 0.3) is 0 Å². The quantitative estimate of drug-likeness (QED) is 0.751. The van der Waals surface area contributed by atoms with E-state index in [2.05, 4.69) is 4.74 Å². The highest BCUT2D eigenvalue weighted by Gasteiger charge is 2.56. The second-order valence-electron chi connectivity index (χ2n) is 4.12. The van der Waals surface area contributed by atoms with Gasteiger partial charge in [-0.2, -0.15) is 0 Å². The minimum atomic E-state index is -4.66. The van der Waals surface area contributed by atoms with Crippen LogP contribution in [-0.4, -0.2) is 11.6 Å². The van der Waals surface area contributed by atoms with Crippen LogP contribution in [0.25, 0.3) is 0 Å². The Kier molecular flexibility index (Phi) is 2.48. The van der Waals surface area contributed by atoms with Gasteiger partial charge in [-0.15, -0.1) is 24.9 Å². The zero-order chi connectivity index (χ0) is 12.8. The first-order chi connectivity index (χ1) is 8.51. The second-order valence-corrected chi connectivity index (χ2v) is 5.54. The Balaban J connectivity index is 1.99. The Bertz CT molecular complexity index is 535. The molecule has 94 valence electrons. The van der Waals surface area contributed by atoms with Gasteiger partial charge in [-0.05, 0) is 6.07 Å². The average Bonchev–Trinajstić information content (AvgIpc) is 3.02. The number of rotatable bonds is 2. The maximum atomic E-state index is 12.4. The fourth-order valence-corrected chi connectivity index (χ4v) is 3.42. The number of halogens is 3. The molecule has 1 aromatic carbocycles. The van der Waals surface area contributed by atoms with Crippen molar-refractivity contribution in [3.05, 3.63) is 54.1 Å². The molecule has 1 saturated heterocycles. The van der Waals surface area contributed by atoms with E-state index in [4.69, 9.17) is 0 Å². The van der Waals surface area contributed by atoms with E-state index in [1.807, 2.05) is 24.3 Å². The van der Waals surface area contributed by atoms with Crippen LogP contribution < -0.4 is 4.74 Å². The topological polar surface area (TPSA) is 9.23 Å². The van der Waals surface area contributed by atoms with Crippen LogP contribution in [0.1, 0.15) is 5.56 Å². The van der Waals surface area contributed by atoms with Gasteiger partial charge in [0, 0.05) is 10.8 Å². The molecule has 0 amide bonds. The van der Waals surface area contributed by atoms with Crippen molar-refractivity contribution in [3.8, 4) is 5.75 Å². The van der Waals surface area contributed by atoms with E-state index in [0.29, 0.717) is 5.56 Å². The number of hydrogen-bond acceptors (Lipinski definition) is 2. The molecule has 1 aliphatic heterocycles. The molecule has 2 unspecified atom stereocenters. The molecule has 0 radical (unpaired) electrons. The normalized spacial score (nSPS) is 28.9. The molecule has 2 aliphatic rings. The van der Waals surface area contributed by atoms with E-state index < -0.39 is 6.36 Å². The summed E-state index contributed by atoms with van der Waals surface area (Å²) in [4.78, 5) is 0. The van der Waals surface area contributed by atoms with E-state index in [9.17, 15) is 13.2 Å². The molecule has 2 atom stereocenters. The Morgan fingerprint density at radius 1 is 1.17 bits per heavy atom. The molecular formula is C13H9F3OS. The van der Waals surface area contributed by atoms with Crippen molar-refractivity contribution >= 4 is 11.8 Å². The largest absolute Gasteiger partial charge is 0.573 e. The summed E-state index contributed by atoms with van der Waals surface area (Å²) in [5, 5.41) is 0.209. The van der Waals surface area contributed by atoms with Gasteiger partial charge in [-0.25, -0.2) is 0 Å². The highest BCUT2D eigenvalue weighted by atomic mass is 32.2. The molecule has 1 aromatic rings. The lowest BCUT2D eigenvalue weighted by Crippen LogP contribution is -2.20. The van der Waals surface area contributed by atoms with Crippen molar-refractivity contribution in [1.82, 2.24) is 0 Å². The fraction of sp³-hybridized carbons (Fsp3) is 0.231. The molecule has 3 rings (SSSR count). The van der Waals surface area contributed by atoms with Gasteiger partial charge in [0.15, 0.2) is 0 Å². The molecule has 1 aliphatic carbocycles. The Labute approximate surface area is 106 Å². The highest BCUT2D eigenvalue weighted by molar-refractivity contribution is 8.08. The number of para-hydroxylation sites is 1. The number of ether oxygens (including phenoxy) is 1. The first kappa shape index (κ1) is 11.7. The van der Waals surface area contributed by atoms with Crippen molar-refractivity contribution in [2.45, 2.75) is 16.4 Å². The predicted molar refractivity (Wildman–Crippen MR) is 64.5 cm³/mol. The van der Waals surface area contributed by atoms with Crippen molar-refractivity contribution in [2.24, 2.45) is 0 Å². The molecule has 1 heterocycles. The van der Waals surface area contributed by atoms with Crippen LogP contribution >= 0.6 is 11.8 Å². The Morgan fingerprint density at radius 3 is 2.67 bits per heavy atom. The summed E-state index contributed by atoms with van der Waals surface area (Å²) in [7, 11) is 0. The Hall–Kier alpha value is -1.36. The smallest absolute Gasteiger partial charge is 0.405 e. The van der Waals surface area contributed by atoms with E-state index in [1.54, 1.807) is 30.0 Å². The molecule has 0 bridgehead atoms. The lowest BCUT2D eigenvalue weighted by Gasteiger charge is -2.18. The molecule has 0 saturated carbocycles. The van der Waals surface area contributed by atoms with E-state index in [0.717, 1.165) is 0 Å². The van der Waals surface area contributed by atoms with Crippen molar-refractivity contribution in [1.29, 1.82) is 0 Å². The minimum Gasteiger partial charge on any atom is -0.405 e. The highest BCUT2D eigenvalue weighted by Crippen LogP contribution is 2.65. The van der Waals surface area contributed by atoms with Crippen LogP contribution in [0.2, 0.25) is 0 Å². The lowest BCUT2D eigenvalue weighted by atomic mass is 9.92. The molecule has 5 heteroatoms.